The van der Waals surface area contributed by atoms with E-state index in [1.165, 1.54) is 0 Å². The molecule has 0 radical (unpaired) electrons. The lowest BCUT2D eigenvalue weighted by Crippen LogP contribution is -2.13. The first-order valence-electron chi connectivity index (χ1n) is 9.28. The minimum atomic E-state index is -0.355. The van der Waals surface area contributed by atoms with Crippen LogP contribution in [0, 0.1) is 6.92 Å². The number of esters is 1. The van der Waals surface area contributed by atoms with Crippen molar-refractivity contribution in [3.05, 3.63) is 77.6 Å². The van der Waals surface area contributed by atoms with Gasteiger partial charge in [0.05, 0.1) is 35.3 Å². The average molecular weight is 377 g/mol. The Kier molecular flexibility index (Phi) is 6.22. The van der Waals surface area contributed by atoms with Crippen LogP contribution >= 0.6 is 0 Å². The normalized spacial score (nSPS) is 10.5. The first-order valence-corrected chi connectivity index (χ1v) is 9.28. The fourth-order valence-corrected chi connectivity index (χ4v) is 2.74. The molecular formula is C22H23N3O3. The van der Waals surface area contributed by atoms with Gasteiger partial charge in [0.25, 0.3) is 5.91 Å². The molecule has 28 heavy (non-hydrogen) atoms. The van der Waals surface area contributed by atoms with Crippen molar-refractivity contribution in [2.45, 2.75) is 26.7 Å². The number of para-hydroxylation sites is 1. The van der Waals surface area contributed by atoms with Gasteiger partial charge in [-0.25, -0.2) is 9.48 Å². The summed E-state index contributed by atoms with van der Waals surface area (Å²) in [5, 5.41) is 7.15. The number of benzene rings is 2. The molecule has 6 nitrogen and oxygen atoms in total. The molecular weight excluding hydrogens is 354 g/mol. The van der Waals surface area contributed by atoms with Crippen LogP contribution in [-0.4, -0.2) is 28.3 Å². The van der Waals surface area contributed by atoms with Gasteiger partial charge in [0, 0.05) is 5.69 Å². The molecule has 6 heteroatoms. The Labute approximate surface area is 164 Å². The number of carbonyl (C=O) groups is 2. The molecule has 0 unspecified atom stereocenters. The number of hydrogen-bond donors (Lipinski definition) is 1. The van der Waals surface area contributed by atoms with Crippen molar-refractivity contribution < 1.29 is 14.3 Å². The molecule has 1 heterocycles. The van der Waals surface area contributed by atoms with Crippen LogP contribution in [0.2, 0.25) is 0 Å². The van der Waals surface area contributed by atoms with Gasteiger partial charge in [-0.2, -0.15) is 5.10 Å². The molecule has 2 aromatic carbocycles. The Morgan fingerprint density at radius 2 is 1.79 bits per heavy atom. The molecule has 0 aliphatic rings. The number of nitrogens with one attached hydrogen (secondary N) is 1. The predicted octanol–water partition coefficient (Wildman–Crippen LogP) is 4.39. The van der Waals surface area contributed by atoms with Gasteiger partial charge in [0.2, 0.25) is 0 Å². The number of unbranched alkanes of at least 4 members (excludes halogenated alkanes) is 1. The number of carbonyl (C=O) groups excluding carboxylic acids is 2. The SMILES string of the molecule is CCCCOC(=O)c1ccc(NC(=O)c2cnn(-c3ccccc3)c2C)cc1. The van der Waals surface area contributed by atoms with E-state index in [-0.39, 0.29) is 11.9 Å². The van der Waals surface area contributed by atoms with Gasteiger partial charge in [0.1, 0.15) is 0 Å². The van der Waals surface area contributed by atoms with Crippen LogP contribution in [-0.2, 0) is 4.74 Å². The predicted molar refractivity (Wildman–Crippen MR) is 108 cm³/mol. The van der Waals surface area contributed by atoms with Gasteiger partial charge in [0.15, 0.2) is 0 Å². The first-order chi connectivity index (χ1) is 13.6. The second-order valence-corrected chi connectivity index (χ2v) is 6.41. The van der Waals surface area contributed by atoms with E-state index in [1.54, 1.807) is 35.1 Å². The smallest absolute Gasteiger partial charge is 0.338 e. The quantitative estimate of drug-likeness (QED) is 0.489. The first kappa shape index (κ1) is 19.4. The molecule has 144 valence electrons. The maximum Gasteiger partial charge on any atom is 0.338 e. The molecule has 0 aliphatic carbocycles. The van der Waals surface area contributed by atoms with Crippen molar-refractivity contribution in [1.82, 2.24) is 9.78 Å². The van der Waals surface area contributed by atoms with Crippen molar-refractivity contribution in [3.63, 3.8) is 0 Å². The fraction of sp³-hybridized carbons (Fsp3) is 0.227. The second kappa shape index (κ2) is 8.99. The van der Waals surface area contributed by atoms with Crippen molar-refractivity contribution in [2.24, 2.45) is 0 Å². The van der Waals surface area contributed by atoms with Crippen LogP contribution in [0.3, 0.4) is 0 Å². The summed E-state index contributed by atoms with van der Waals surface area (Å²) in [6.07, 6.45) is 3.37. The summed E-state index contributed by atoms with van der Waals surface area (Å²) in [5.74, 6) is -0.607. The van der Waals surface area contributed by atoms with E-state index in [0.29, 0.717) is 23.4 Å². The molecule has 0 atom stereocenters. The zero-order chi connectivity index (χ0) is 19.9. The third kappa shape index (κ3) is 4.46. The molecule has 0 aliphatic heterocycles. The summed E-state index contributed by atoms with van der Waals surface area (Å²) in [6, 6.07) is 16.3. The Balaban J connectivity index is 1.67. The lowest BCUT2D eigenvalue weighted by Gasteiger charge is -2.08. The van der Waals surface area contributed by atoms with Gasteiger partial charge in [-0.05, 0) is 49.7 Å². The molecule has 0 fully saturated rings. The number of aromatic nitrogens is 2. The molecule has 3 rings (SSSR count). The van der Waals surface area contributed by atoms with Crippen molar-refractivity contribution >= 4 is 17.6 Å². The standard InChI is InChI=1S/C22H23N3O3/c1-3-4-14-28-22(27)17-10-12-18(13-11-17)24-21(26)20-15-23-25(16(20)2)19-8-6-5-7-9-19/h5-13,15H,3-4,14H2,1-2H3,(H,24,26). The van der Waals surface area contributed by atoms with Gasteiger partial charge in [-0.3, -0.25) is 4.79 Å². The summed E-state index contributed by atoms with van der Waals surface area (Å²) in [6.45, 7) is 4.30. The van der Waals surface area contributed by atoms with E-state index >= 15 is 0 Å². The lowest BCUT2D eigenvalue weighted by molar-refractivity contribution is 0.0499. The minimum absolute atomic E-state index is 0.252. The Morgan fingerprint density at radius 3 is 2.46 bits per heavy atom. The van der Waals surface area contributed by atoms with Gasteiger partial charge >= 0.3 is 5.97 Å². The van der Waals surface area contributed by atoms with Gasteiger partial charge in [-0.1, -0.05) is 31.5 Å². The van der Waals surface area contributed by atoms with E-state index in [4.69, 9.17) is 4.74 Å². The van der Waals surface area contributed by atoms with Gasteiger partial charge < -0.3 is 10.1 Å². The summed E-state index contributed by atoms with van der Waals surface area (Å²) in [5.41, 5.74) is 3.20. The Hall–Kier alpha value is -3.41. The third-order valence-corrected chi connectivity index (χ3v) is 4.36. The van der Waals surface area contributed by atoms with Crippen LogP contribution in [0.1, 0.15) is 46.2 Å². The molecule has 0 bridgehead atoms. The highest BCUT2D eigenvalue weighted by Crippen LogP contribution is 2.17. The Morgan fingerprint density at radius 1 is 1.07 bits per heavy atom. The zero-order valence-electron chi connectivity index (χ0n) is 16.0. The van der Waals surface area contributed by atoms with Crippen LogP contribution in [0.5, 0.6) is 0 Å². The van der Waals surface area contributed by atoms with E-state index in [9.17, 15) is 9.59 Å². The molecule has 3 aromatic rings. The molecule has 0 saturated carbocycles. The molecule has 1 aromatic heterocycles. The highest BCUT2D eigenvalue weighted by molar-refractivity contribution is 6.05. The number of hydrogen-bond acceptors (Lipinski definition) is 4. The topological polar surface area (TPSA) is 73.2 Å². The summed E-state index contributed by atoms with van der Waals surface area (Å²) in [4.78, 5) is 24.6. The number of ether oxygens (including phenoxy) is 1. The summed E-state index contributed by atoms with van der Waals surface area (Å²) >= 11 is 0. The third-order valence-electron chi connectivity index (χ3n) is 4.36. The maximum absolute atomic E-state index is 12.6. The van der Waals surface area contributed by atoms with Crippen LogP contribution in [0.25, 0.3) is 5.69 Å². The molecule has 1 amide bonds. The minimum Gasteiger partial charge on any atom is -0.462 e. The molecule has 0 saturated heterocycles. The highest BCUT2D eigenvalue weighted by Gasteiger charge is 2.15. The second-order valence-electron chi connectivity index (χ2n) is 6.41. The van der Waals surface area contributed by atoms with Gasteiger partial charge in [-0.15, -0.1) is 0 Å². The van der Waals surface area contributed by atoms with E-state index in [2.05, 4.69) is 10.4 Å². The zero-order valence-corrected chi connectivity index (χ0v) is 16.0. The maximum atomic E-state index is 12.6. The van der Waals surface area contributed by atoms with Crippen molar-refractivity contribution in [2.75, 3.05) is 11.9 Å². The van der Waals surface area contributed by atoms with Crippen LogP contribution in [0.4, 0.5) is 5.69 Å². The fourth-order valence-electron chi connectivity index (χ4n) is 2.74. The summed E-state index contributed by atoms with van der Waals surface area (Å²) in [7, 11) is 0. The lowest BCUT2D eigenvalue weighted by atomic mass is 10.2. The summed E-state index contributed by atoms with van der Waals surface area (Å²) < 4.78 is 6.91. The largest absolute Gasteiger partial charge is 0.462 e. The highest BCUT2D eigenvalue weighted by atomic mass is 16.5. The van der Waals surface area contributed by atoms with Crippen molar-refractivity contribution in [1.29, 1.82) is 0 Å². The van der Waals surface area contributed by atoms with E-state index in [1.807, 2.05) is 44.2 Å². The molecule has 1 N–H and O–H groups in total. The number of anilines is 1. The number of amides is 1. The van der Waals surface area contributed by atoms with Crippen LogP contribution in [0.15, 0.2) is 60.8 Å². The molecule has 0 spiro atoms. The monoisotopic (exact) mass is 377 g/mol. The number of rotatable bonds is 7. The van der Waals surface area contributed by atoms with Crippen LogP contribution < -0.4 is 5.32 Å². The number of nitrogens with zero attached hydrogens (tertiary/aromatic N) is 2. The van der Waals surface area contributed by atoms with E-state index in [0.717, 1.165) is 24.2 Å². The van der Waals surface area contributed by atoms with E-state index < -0.39 is 0 Å². The average Bonchev–Trinajstić information content (AvgIpc) is 3.11. The Bertz CT molecular complexity index is 947. The van der Waals surface area contributed by atoms with Crippen molar-refractivity contribution in [3.8, 4) is 5.69 Å².